The van der Waals surface area contributed by atoms with E-state index in [1.54, 1.807) is 13.0 Å². The number of nitrogens with one attached hydrogen (secondary N) is 1. The van der Waals surface area contributed by atoms with Crippen LogP contribution in [0.1, 0.15) is 25.5 Å². The molecule has 0 unspecified atom stereocenters. The first-order valence-electron chi connectivity index (χ1n) is 4.51. The summed E-state index contributed by atoms with van der Waals surface area (Å²) in [6, 6.07) is 1.68. The van der Waals surface area contributed by atoms with Crippen LogP contribution in [0.3, 0.4) is 0 Å². The second-order valence-electron chi connectivity index (χ2n) is 3.07. The molecule has 1 atom stereocenters. The van der Waals surface area contributed by atoms with Gasteiger partial charge in [-0.1, -0.05) is 34.4 Å². The molecule has 0 aliphatic heterocycles. The van der Waals surface area contributed by atoms with Gasteiger partial charge in [0.15, 0.2) is 5.82 Å². The summed E-state index contributed by atoms with van der Waals surface area (Å²) < 4.78 is 4.83. The van der Waals surface area contributed by atoms with Crippen molar-refractivity contribution in [3.05, 3.63) is 11.8 Å². The molecule has 0 aliphatic rings. The SMILES string of the molecule is CCC[C@@H](Br)C(=O)Nc1cc(C)on1. The van der Waals surface area contributed by atoms with Gasteiger partial charge >= 0.3 is 0 Å². The lowest BCUT2D eigenvalue weighted by Crippen LogP contribution is -2.22. The highest BCUT2D eigenvalue weighted by molar-refractivity contribution is 9.10. The molecule has 78 valence electrons. The predicted molar refractivity (Wildman–Crippen MR) is 57.5 cm³/mol. The van der Waals surface area contributed by atoms with Gasteiger partial charge in [-0.3, -0.25) is 4.79 Å². The fourth-order valence-corrected chi connectivity index (χ4v) is 1.59. The minimum absolute atomic E-state index is 0.0832. The van der Waals surface area contributed by atoms with Crippen molar-refractivity contribution in [2.45, 2.75) is 31.5 Å². The number of alkyl halides is 1. The first-order chi connectivity index (χ1) is 6.63. The molecule has 0 radical (unpaired) electrons. The molecule has 0 aliphatic carbocycles. The molecule has 1 rings (SSSR count). The molecule has 1 amide bonds. The number of anilines is 1. The van der Waals surface area contributed by atoms with Gasteiger partial charge < -0.3 is 9.84 Å². The minimum atomic E-state index is -0.162. The van der Waals surface area contributed by atoms with E-state index in [9.17, 15) is 4.79 Å². The van der Waals surface area contributed by atoms with Gasteiger partial charge in [-0.25, -0.2) is 0 Å². The van der Waals surface area contributed by atoms with E-state index in [-0.39, 0.29) is 10.7 Å². The first kappa shape index (κ1) is 11.2. The van der Waals surface area contributed by atoms with E-state index in [2.05, 4.69) is 26.4 Å². The standard InChI is InChI=1S/C9H13BrN2O2/c1-3-4-7(10)9(13)11-8-5-6(2)14-12-8/h5,7H,3-4H2,1-2H3,(H,11,12,13)/t7-/m1/s1. The number of aryl methyl sites for hydroxylation is 1. The second kappa shape index (κ2) is 5.14. The molecule has 1 aromatic rings. The van der Waals surface area contributed by atoms with E-state index in [0.717, 1.165) is 12.8 Å². The number of amides is 1. The molecule has 0 bridgehead atoms. The van der Waals surface area contributed by atoms with Crippen molar-refractivity contribution in [1.29, 1.82) is 0 Å². The zero-order valence-corrected chi connectivity index (χ0v) is 9.80. The lowest BCUT2D eigenvalue weighted by molar-refractivity contribution is -0.115. The Kier molecular flexibility index (Phi) is 4.13. The largest absolute Gasteiger partial charge is 0.360 e. The van der Waals surface area contributed by atoms with Crippen molar-refractivity contribution in [2.24, 2.45) is 0 Å². The van der Waals surface area contributed by atoms with Crippen molar-refractivity contribution in [3.8, 4) is 0 Å². The maximum absolute atomic E-state index is 11.5. The van der Waals surface area contributed by atoms with Gasteiger partial charge in [-0.2, -0.15) is 0 Å². The fraction of sp³-hybridized carbons (Fsp3) is 0.556. The number of carbonyl (C=O) groups excluding carboxylic acids is 1. The Labute approximate surface area is 91.2 Å². The minimum Gasteiger partial charge on any atom is -0.360 e. The number of rotatable bonds is 4. The Bertz CT molecular complexity index is 312. The number of nitrogens with zero attached hydrogens (tertiary/aromatic N) is 1. The summed E-state index contributed by atoms with van der Waals surface area (Å²) in [6.07, 6.45) is 1.77. The molecule has 5 heteroatoms. The number of halogens is 1. The molecule has 0 spiro atoms. The Balaban J connectivity index is 2.48. The summed E-state index contributed by atoms with van der Waals surface area (Å²) in [5, 5.41) is 6.33. The van der Waals surface area contributed by atoms with Gasteiger partial charge in [0.25, 0.3) is 0 Å². The summed E-state index contributed by atoms with van der Waals surface area (Å²) in [5.74, 6) is 1.06. The molecule has 0 fully saturated rings. The van der Waals surface area contributed by atoms with Crippen LogP contribution in [0.4, 0.5) is 5.82 Å². The number of hydrogen-bond donors (Lipinski definition) is 1. The van der Waals surface area contributed by atoms with Crippen LogP contribution in [-0.2, 0) is 4.79 Å². The van der Waals surface area contributed by atoms with Crippen LogP contribution in [0.25, 0.3) is 0 Å². The molecule has 1 N–H and O–H groups in total. The highest BCUT2D eigenvalue weighted by Crippen LogP contribution is 2.12. The molecule has 0 saturated heterocycles. The van der Waals surface area contributed by atoms with Crippen LogP contribution in [0.5, 0.6) is 0 Å². The highest BCUT2D eigenvalue weighted by Gasteiger charge is 2.14. The lowest BCUT2D eigenvalue weighted by atomic mass is 10.2. The van der Waals surface area contributed by atoms with Gasteiger partial charge in [0.1, 0.15) is 5.76 Å². The Morgan fingerprint density at radius 1 is 1.79 bits per heavy atom. The Hall–Kier alpha value is -0.840. The van der Waals surface area contributed by atoms with Crippen molar-refractivity contribution in [3.63, 3.8) is 0 Å². The van der Waals surface area contributed by atoms with Crippen LogP contribution in [0, 0.1) is 6.92 Å². The zero-order valence-electron chi connectivity index (χ0n) is 8.21. The van der Waals surface area contributed by atoms with Crippen molar-refractivity contribution in [1.82, 2.24) is 5.16 Å². The van der Waals surface area contributed by atoms with E-state index in [1.807, 2.05) is 6.92 Å². The van der Waals surface area contributed by atoms with E-state index >= 15 is 0 Å². The summed E-state index contributed by atoms with van der Waals surface area (Å²) in [6.45, 7) is 3.81. The number of carbonyl (C=O) groups is 1. The van der Waals surface area contributed by atoms with Gasteiger partial charge in [0, 0.05) is 6.07 Å². The summed E-state index contributed by atoms with van der Waals surface area (Å²) >= 11 is 3.30. The lowest BCUT2D eigenvalue weighted by Gasteiger charge is -2.06. The molecule has 14 heavy (non-hydrogen) atoms. The normalized spacial score (nSPS) is 12.5. The second-order valence-corrected chi connectivity index (χ2v) is 4.17. The maximum Gasteiger partial charge on any atom is 0.239 e. The fourth-order valence-electron chi connectivity index (χ4n) is 1.01. The summed E-state index contributed by atoms with van der Waals surface area (Å²) in [7, 11) is 0. The summed E-state index contributed by atoms with van der Waals surface area (Å²) in [4.78, 5) is 11.3. The first-order valence-corrected chi connectivity index (χ1v) is 5.43. The van der Waals surface area contributed by atoms with Crippen LogP contribution in [-0.4, -0.2) is 15.9 Å². The third-order valence-electron chi connectivity index (χ3n) is 1.71. The molecule has 0 saturated carbocycles. The monoisotopic (exact) mass is 260 g/mol. The Morgan fingerprint density at radius 2 is 2.50 bits per heavy atom. The number of aromatic nitrogens is 1. The molecule has 0 aromatic carbocycles. The van der Waals surface area contributed by atoms with Crippen LogP contribution in [0.15, 0.2) is 10.6 Å². The summed E-state index contributed by atoms with van der Waals surface area (Å²) in [5.41, 5.74) is 0. The third kappa shape index (κ3) is 3.14. The van der Waals surface area contributed by atoms with Crippen molar-refractivity contribution in [2.75, 3.05) is 5.32 Å². The third-order valence-corrected chi connectivity index (χ3v) is 2.58. The maximum atomic E-state index is 11.5. The average Bonchev–Trinajstić information content (AvgIpc) is 2.51. The highest BCUT2D eigenvalue weighted by atomic mass is 79.9. The topological polar surface area (TPSA) is 55.1 Å². The van der Waals surface area contributed by atoms with Crippen LogP contribution in [0.2, 0.25) is 0 Å². The van der Waals surface area contributed by atoms with Crippen molar-refractivity contribution >= 4 is 27.7 Å². The van der Waals surface area contributed by atoms with E-state index in [1.165, 1.54) is 0 Å². The van der Waals surface area contributed by atoms with E-state index < -0.39 is 0 Å². The van der Waals surface area contributed by atoms with Crippen molar-refractivity contribution < 1.29 is 9.32 Å². The quantitative estimate of drug-likeness (QED) is 0.847. The van der Waals surface area contributed by atoms with Gasteiger partial charge in [-0.15, -0.1) is 0 Å². The number of hydrogen-bond acceptors (Lipinski definition) is 3. The van der Waals surface area contributed by atoms with Gasteiger partial charge in [0.2, 0.25) is 5.91 Å². The predicted octanol–water partition coefficient (Wildman–Crippen LogP) is 2.49. The molecular formula is C9H13BrN2O2. The average molecular weight is 261 g/mol. The van der Waals surface area contributed by atoms with Crippen LogP contribution >= 0.6 is 15.9 Å². The van der Waals surface area contributed by atoms with E-state index in [0.29, 0.717) is 11.6 Å². The Morgan fingerprint density at radius 3 is 3.00 bits per heavy atom. The molecule has 4 nitrogen and oxygen atoms in total. The smallest absolute Gasteiger partial charge is 0.239 e. The van der Waals surface area contributed by atoms with E-state index in [4.69, 9.17) is 4.52 Å². The van der Waals surface area contributed by atoms with Gasteiger partial charge in [0.05, 0.1) is 4.83 Å². The van der Waals surface area contributed by atoms with Gasteiger partial charge in [-0.05, 0) is 13.3 Å². The molecule has 1 aromatic heterocycles. The molecular weight excluding hydrogens is 248 g/mol. The van der Waals surface area contributed by atoms with Crippen LogP contribution < -0.4 is 5.32 Å². The zero-order chi connectivity index (χ0) is 10.6. The molecule has 1 heterocycles.